The van der Waals surface area contributed by atoms with Crippen LogP contribution in [0.25, 0.3) is 0 Å². The van der Waals surface area contributed by atoms with Crippen LogP contribution in [0.1, 0.15) is 18.1 Å². The van der Waals surface area contributed by atoms with E-state index >= 15 is 0 Å². The van der Waals surface area contributed by atoms with Crippen LogP contribution >= 0.6 is 45.8 Å². The summed E-state index contributed by atoms with van der Waals surface area (Å²) >= 11 is 14.6. The van der Waals surface area contributed by atoms with Gasteiger partial charge in [0.15, 0.2) is 0 Å². The van der Waals surface area contributed by atoms with Crippen LogP contribution in [-0.4, -0.2) is 44.3 Å². The van der Waals surface area contributed by atoms with Crippen LogP contribution in [0.2, 0.25) is 10.0 Å². The molecule has 11 heteroatoms. The molecule has 0 bridgehead atoms. The highest BCUT2D eigenvalue weighted by molar-refractivity contribution is 14.1. The number of amides is 2. The predicted octanol–water partition coefficient (Wildman–Crippen LogP) is 6.57. The van der Waals surface area contributed by atoms with E-state index in [1.165, 1.54) is 17.0 Å². The van der Waals surface area contributed by atoms with Crippen molar-refractivity contribution in [2.24, 2.45) is 0 Å². The highest BCUT2D eigenvalue weighted by Crippen LogP contribution is 2.27. The lowest BCUT2D eigenvalue weighted by atomic mass is 10.0. The summed E-state index contributed by atoms with van der Waals surface area (Å²) in [6, 6.07) is 28.2. The molecular formula is C32H30Cl2IN3O4S. The maximum absolute atomic E-state index is 14.3. The van der Waals surface area contributed by atoms with Gasteiger partial charge in [-0.1, -0.05) is 77.8 Å². The summed E-state index contributed by atoms with van der Waals surface area (Å²) < 4.78 is 29.9. The number of likely N-dealkylation sites (N-methyl/N-ethyl adjacent to an activating group) is 1. The van der Waals surface area contributed by atoms with E-state index in [4.69, 9.17) is 23.2 Å². The average molecular weight is 750 g/mol. The van der Waals surface area contributed by atoms with Gasteiger partial charge in [0.25, 0.3) is 10.0 Å². The molecule has 0 saturated heterocycles. The quantitative estimate of drug-likeness (QED) is 0.166. The predicted molar refractivity (Wildman–Crippen MR) is 180 cm³/mol. The Balaban J connectivity index is 1.80. The topological polar surface area (TPSA) is 86.8 Å². The van der Waals surface area contributed by atoms with Crippen LogP contribution in [0.15, 0.2) is 108 Å². The number of benzene rings is 4. The number of anilines is 1. The average Bonchev–Trinajstić information content (AvgIpc) is 3.01. The minimum absolute atomic E-state index is 0.00370. The molecule has 0 radical (unpaired) electrons. The second-order valence-corrected chi connectivity index (χ2v) is 13.6. The molecule has 43 heavy (non-hydrogen) atoms. The smallest absolute Gasteiger partial charge is 0.264 e. The van der Waals surface area contributed by atoms with Gasteiger partial charge in [-0.2, -0.15) is 0 Å². The Morgan fingerprint density at radius 2 is 1.47 bits per heavy atom. The summed E-state index contributed by atoms with van der Waals surface area (Å²) in [7, 11) is -4.15. The molecule has 0 fully saturated rings. The monoisotopic (exact) mass is 749 g/mol. The largest absolute Gasteiger partial charge is 0.355 e. The highest BCUT2D eigenvalue weighted by atomic mass is 127. The molecule has 0 unspecified atom stereocenters. The normalized spacial score (nSPS) is 11.9. The summed E-state index contributed by atoms with van der Waals surface area (Å²) in [4.78, 5) is 29.3. The fraction of sp³-hybridized carbons (Fsp3) is 0.188. The van der Waals surface area contributed by atoms with Gasteiger partial charge in [-0.15, -0.1) is 0 Å². The molecule has 0 saturated carbocycles. The Labute approximate surface area is 276 Å². The van der Waals surface area contributed by atoms with E-state index in [1.54, 1.807) is 67.6 Å². The Kier molecular flexibility index (Phi) is 11.5. The molecule has 4 rings (SSSR count). The second-order valence-electron chi connectivity index (χ2n) is 9.67. The summed E-state index contributed by atoms with van der Waals surface area (Å²) in [6.45, 7) is 1.61. The summed E-state index contributed by atoms with van der Waals surface area (Å²) in [5.41, 5.74) is 1.80. The first kappa shape index (κ1) is 32.8. The first-order chi connectivity index (χ1) is 20.6. The molecule has 0 aliphatic rings. The van der Waals surface area contributed by atoms with Crippen LogP contribution in [0, 0.1) is 3.57 Å². The number of hydrogen-bond donors (Lipinski definition) is 1. The maximum atomic E-state index is 14.3. The van der Waals surface area contributed by atoms with Gasteiger partial charge in [-0.25, -0.2) is 8.42 Å². The molecule has 224 valence electrons. The maximum Gasteiger partial charge on any atom is 0.264 e. The third kappa shape index (κ3) is 8.50. The molecule has 1 atom stereocenters. The lowest BCUT2D eigenvalue weighted by Crippen LogP contribution is -2.53. The van der Waals surface area contributed by atoms with Gasteiger partial charge < -0.3 is 10.2 Å². The van der Waals surface area contributed by atoms with Gasteiger partial charge in [0.1, 0.15) is 12.6 Å². The van der Waals surface area contributed by atoms with Crippen molar-refractivity contribution in [3.05, 3.63) is 128 Å². The fourth-order valence-corrected chi connectivity index (χ4v) is 6.65. The second kappa shape index (κ2) is 15.1. The Morgan fingerprint density at radius 1 is 0.837 bits per heavy atom. The number of nitrogens with zero attached hydrogens (tertiary/aromatic N) is 2. The van der Waals surface area contributed by atoms with Gasteiger partial charge in [0.2, 0.25) is 11.8 Å². The molecular weight excluding hydrogens is 720 g/mol. The van der Waals surface area contributed by atoms with Crippen LogP contribution in [-0.2, 0) is 32.6 Å². The number of halogens is 3. The van der Waals surface area contributed by atoms with Crippen molar-refractivity contribution in [1.82, 2.24) is 10.2 Å². The van der Waals surface area contributed by atoms with E-state index in [0.717, 1.165) is 13.4 Å². The number of nitrogens with one attached hydrogen (secondary N) is 1. The molecule has 4 aromatic rings. The van der Waals surface area contributed by atoms with Crippen LogP contribution < -0.4 is 9.62 Å². The first-order valence-electron chi connectivity index (χ1n) is 13.5. The Hall–Kier alpha value is -3.12. The molecule has 0 aliphatic heterocycles. The zero-order valence-electron chi connectivity index (χ0n) is 23.3. The SMILES string of the molecule is CCNC(=O)[C@@H](Cc1ccccc1)N(Cc1ccc(Cl)c(Cl)c1)C(=O)CN(c1ccc(I)cc1)S(=O)(=O)c1ccccc1. The number of carbonyl (C=O) groups excluding carboxylic acids is 2. The Morgan fingerprint density at radius 3 is 2.07 bits per heavy atom. The van der Waals surface area contributed by atoms with Crippen LogP contribution in [0.3, 0.4) is 0 Å². The van der Waals surface area contributed by atoms with Crippen molar-refractivity contribution in [1.29, 1.82) is 0 Å². The zero-order valence-corrected chi connectivity index (χ0v) is 27.8. The van der Waals surface area contributed by atoms with E-state index in [9.17, 15) is 18.0 Å². The van der Waals surface area contributed by atoms with E-state index < -0.39 is 28.5 Å². The van der Waals surface area contributed by atoms with Crippen LogP contribution in [0.5, 0.6) is 0 Å². The third-order valence-electron chi connectivity index (χ3n) is 6.68. The summed E-state index contributed by atoms with van der Waals surface area (Å²) in [5, 5.41) is 3.50. The van der Waals surface area contributed by atoms with Crippen LogP contribution in [0.4, 0.5) is 5.69 Å². The standard InChI is InChI=1S/C32H30Cl2IN3O4S/c1-2-36-32(40)30(20-23-9-5-3-6-10-23)37(21-24-13-18-28(33)29(34)19-24)31(39)22-38(26-16-14-25(35)15-17-26)43(41,42)27-11-7-4-8-12-27/h3-19,30H,2,20-22H2,1H3,(H,36,40)/t30-/m1/s1. The van der Waals surface area contributed by atoms with E-state index in [1.807, 2.05) is 30.3 Å². The molecule has 0 aliphatic carbocycles. The van der Waals surface area contributed by atoms with Crippen molar-refractivity contribution in [2.45, 2.75) is 30.8 Å². The van der Waals surface area contributed by atoms with Crippen molar-refractivity contribution in [3.63, 3.8) is 0 Å². The summed E-state index contributed by atoms with van der Waals surface area (Å²) in [5.74, 6) is -0.914. The lowest BCUT2D eigenvalue weighted by molar-refractivity contribution is -0.140. The minimum atomic E-state index is -4.15. The molecule has 4 aromatic carbocycles. The highest BCUT2D eigenvalue weighted by Gasteiger charge is 2.34. The molecule has 7 nitrogen and oxygen atoms in total. The van der Waals surface area contributed by atoms with Crippen molar-refractivity contribution < 1.29 is 18.0 Å². The lowest BCUT2D eigenvalue weighted by Gasteiger charge is -2.34. The molecule has 1 N–H and O–H groups in total. The van der Waals surface area contributed by atoms with Gasteiger partial charge in [-0.05, 0) is 89.2 Å². The van der Waals surface area contributed by atoms with Crippen molar-refractivity contribution >= 4 is 73.3 Å². The van der Waals surface area contributed by atoms with Crippen molar-refractivity contribution in [2.75, 3.05) is 17.4 Å². The Bertz CT molecular complexity index is 1660. The molecule has 2 amide bonds. The molecule has 0 spiro atoms. The first-order valence-corrected chi connectivity index (χ1v) is 16.8. The summed E-state index contributed by atoms with van der Waals surface area (Å²) in [6.07, 6.45) is 0.217. The van der Waals surface area contributed by atoms with Gasteiger partial charge in [0.05, 0.1) is 20.6 Å². The van der Waals surface area contributed by atoms with E-state index in [-0.39, 0.29) is 23.8 Å². The van der Waals surface area contributed by atoms with Gasteiger partial charge in [-0.3, -0.25) is 13.9 Å². The van der Waals surface area contributed by atoms with Gasteiger partial charge >= 0.3 is 0 Å². The van der Waals surface area contributed by atoms with E-state index in [2.05, 4.69) is 27.9 Å². The fourth-order valence-electron chi connectivity index (χ4n) is 4.54. The molecule has 0 aromatic heterocycles. The third-order valence-corrected chi connectivity index (χ3v) is 9.93. The zero-order chi connectivity index (χ0) is 31.0. The minimum Gasteiger partial charge on any atom is -0.355 e. The number of rotatable bonds is 12. The number of hydrogen-bond acceptors (Lipinski definition) is 4. The number of carbonyl (C=O) groups is 2. The number of sulfonamides is 1. The van der Waals surface area contributed by atoms with E-state index in [0.29, 0.717) is 27.8 Å². The van der Waals surface area contributed by atoms with Crippen molar-refractivity contribution in [3.8, 4) is 0 Å². The molecule has 0 heterocycles. The van der Waals surface area contributed by atoms with Gasteiger partial charge in [0, 0.05) is 23.1 Å².